The van der Waals surface area contributed by atoms with E-state index in [-0.39, 0.29) is 11.4 Å². The van der Waals surface area contributed by atoms with Crippen molar-refractivity contribution < 1.29 is 23.8 Å². The van der Waals surface area contributed by atoms with Crippen LogP contribution >= 0.6 is 0 Å². The normalized spacial score (nSPS) is 18.6. The van der Waals surface area contributed by atoms with Crippen molar-refractivity contribution in [3.8, 4) is 5.75 Å². The predicted molar refractivity (Wildman–Crippen MR) is 89.1 cm³/mol. The van der Waals surface area contributed by atoms with E-state index in [2.05, 4.69) is 0 Å². The number of aliphatic hydroxyl groups excluding tert-OH is 1. The molecule has 0 bridgehead atoms. The zero-order chi connectivity index (χ0) is 17.2. The summed E-state index contributed by atoms with van der Waals surface area (Å²) < 4.78 is 16.3. The number of hydrogen-bond acceptors (Lipinski definition) is 6. The Hall–Kier alpha value is -2.73. The van der Waals surface area contributed by atoms with E-state index in [1.165, 1.54) is 7.11 Å². The van der Waals surface area contributed by atoms with E-state index in [0.29, 0.717) is 22.3 Å². The molecule has 0 radical (unpaired) electrons. The van der Waals surface area contributed by atoms with Crippen LogP contribution in [0.4, 0.5) is 5.88 Å². The molecule has 6 nitrogen and oxygen atoms in total. The molecule has 0 spiro atoms. The van der Waals surface area contributed by atoms with Crippen LogP contribution in [-0.4, -0.2) is 24.5 Å². The minimum atomic E-state index is -1.04. The lowest BCUT2D eigenvalue weighted by Gasteiger charge is -2.21. The Balaban J connectivity index is 2.29. The fourth-order valence-corrected chi connectivity index (χ4v) is 3.43. The third-order valence-corrected chi connectivity index (χ3v) is 4.71. The van der Waals surface area contributed by atoms with E-state index < -0.39 is 17.7 Å². The van der Waals surface area contributed by atoms with Gasteiger partial charge in [0, 0.05) is 21.7 Å². The minimum Gasteiger partial charge on any atom is -0.465 e. The van der Waals surface area contributed by atoms with E-state index in [9.17, 15) is 9.90 Å². The highest BCUT2D eigenvalue weighted by Crippen LogP contribution is 2.52. The summed E-state index contributed by atoms with van der Waals surface area (Å²) in [5.74, 6) is -0.0462. The van der Waals surface area contributed by atoms with Gasteiger partial charge in [0.1, 0.15) is 16.9 Å². The van der Waals surface area contributed by atoms with E-state index in [4.69, 9.17) is 19.6 Å². The molecule has 0 unspecified atom stereocenters. The number of furan rings is 1. The van der Waals surface area contributed by atoms with Gasteiger partial charge in [-0.1, -0.05) is 24.3 Å². The van der Waals surface area contributed by atoms with Crippen molar-refractivity contribution in [3.05, 3.63) is 35.4 Å². The van der Waals surface area contributed by atoms with Gasteiger partial charge in [-0.3, -0.25) is 0 Å². The molecule has 1 aliphatic rings. The number of aliphatic hydroxyl groups is 1. The van der Waals surface area contributed by atoms with E-state index in [0.717, 1.165) is 10.8 Å². The van der Waals surface area contributed by atoms with Gasteiger partial charge in [0.05, 0.1) is 12.5 Å². The summed E-state index contributed by atoms with van der Waals surface area (Å²) in [5.41, 5.74) is 6.59. The van der Waals surface area contributed by atoms with Gasteiger partial charge < -0.3 is 24.7 Å². The third kappa shape index (κ3) is 1.66. The molecular formula is C18H17NO5. The fourth-order valence-electron chi connectivity index (χ4n) is 3.43. The third-order valence-electron chi connectivity index (χ3n) is 4.71. The molecule has 0 amide bonds. The molecule has 124 valence electrons. The molecule has 24 heavy (non-hydrogen) atoms. The number of benzene rings is 2. The van der Waals surface area contributed by atoms with Crippen LogP contribution in [0.25, 0.3) is 21.7 Å². The molecule has 1 aromatic heterocycles. The van der Waals surface area contributed by atoms with Crippen molar-refractivity contribution in [2.24, 2.45) is 0 Å². The van der Waals surface area contributed by atoms with Crippen LogP contribution in [0.3, 0.4) is 0 Å². The number of methoxy groups -OCH3 is 1. The van der Waals surface area contributed by atoms with Gasteiger partial charge in [-0.05, 0) is 13.8 Å². The number of nitrogens with two attached hydrogens (primary N) is 1. The lowest BCUT2D eigenvalue weighted by atomic mass is 9.81. The number of rotatable bonds is 1. The number of esters is 1. The molecule has 2 heterocycles. The molecule has 0 aliphatic carbocycles. The second-order valence-corrected chi connectivity index (χ2v) is 6.48. The number of carbonyl (C=O) groups is 1. The summed E-state index contributed by atoms with van der Waals surface area (Å²) >= 11 is 0. The summed E-state index contributed by atoms with van der Waals surface area (Å²) in [6, 6.07) is 7.49. The van der Waals surface area contributed by atoms with Crippen LogP contribution in [0.5, 0.6) is 5.75 Å². The standard InChI is InChI=1S/C18H17NO5/c1-18(2)12-10-11(16(20)22-3)15(19)23-13(10)8-6-4-5-7-9(8)14(12)24-17(18)21/h4-7,17,21H,19H2,1-3H3/t17-/m1/s1. The Morgan fingerprint density at radius 1 is 1.29 bits per heavy atom. The van der Waals surface area contributed by atoms with Gasteiger partial charge in [-0.25, -0.2) is 4.79 Å². The van der Waals surface area contributed by atoms with Gasteiger partial charge in [-0.2, -0.15) is 0 Å². The Labute approximate surface area is 137 Å². The SMILES string of the molecule is COC(=O)c1c(N)oc2c1c1c(c3ccccc32)O[C@@H](O)C1(C)C. The number of ether oxygens (including phenoxy) is 2. The molecule has 1 atom stereocenters. The highest BCUT2D eigenvalue weighted by molar-refractivity contribution is 6.18. The topological polar surface area (TPSA) is 94.9 Å². The second kappa shape index (κ2) is 4.64. The molecule has 6 heteroatoms. The molecule has 4 rings (SSSR count). The maximum absolute atomic E-state index is 12.3. The van der Waals surface area contributed by atoms with Crippen molar-refractivity contribution in [2.75, 3.05) is 12.8 Å². The first-order chi connectivity index (χ1) is 11.4. The lowest BCUT2D eigenvalue weighted by molar-refractivity contribution is -0.0442. The van der Waals surface area contributed by atoms with Gasteiger partial charge in [-0.15, -0.1) is 0 Å². The van der Waals surface area contributed by atoms with Crippen LogP contribution in [-0.2, 0) is 10.2 Å². The molecule has 2 aromatic carbocycles. The Bertz CT molecular complexity index is 1000. The second-order valence-electron chi connectivity index (χ2n) is 6.48. The minimum absolute atomic E-state index is 0.00686. The van der Waals surface area contributed by atoms with E-state index in [1.54, 1.807) is 0 Å². The van der Waals surface area contributed by atoms with Gasteiger partial charge in [0.2, 0.25) is 12.2 Å². The van der Waals surface area contributed by atoms with Gasteiger partial charge in [0.15, 0.2) is 0 Å². The molecule has 3 N–H and O–H groups in total. The smallest absolute Gasteiger partial charge is 0.344 e. The Kier molecular flexibility index (Phi) is 2.87. The summed E-state index contributed by atoms with van der Waals surface area (Å²) in [6.45, 7) is 3.70. The summed E-state index contributed by atoms with van der Waals surface area (Å²) in [6.07, 6.45) is -1.04. The number of anilines is 1. The van der Waals surface area contributed by atoms with Crippen molar-refractivity contribution in [3.63, 3.8) is 0 Å². The molecule has 3 aromatic rings. The molecular weight excluding hydrogens is 310 g/mol. The zero-order valence-corrected chi connectivity index (χ0v) is 13.5. The first kappa shape index (κ1) is 14.8. The van der Waals surface area contributed by atoms with Crippen molar-refractivity contribution in [2.45, 2.75) is 25.6 Å². The van der Waals surface area contributed by atoms with Crippen LogP contribution in [0.15, 0.2) is 28.7 Å². The first-order valence-corrected chi connectivity index (χ1v) is 7.58. The predicted octanol–water partition coefficient (Wildman–Crippen LogP) is 2.94. The van der Waals surface area contributed by atoms with Crippen LogP contribution in [0.2, 0.25) is 0 Å². The largest absolute Gasteiger partial charge is 0.465 e. The average molecular weight is 327 g/mol. The molecule has 0 saturated heterocycles. The maximum Gasteiger partial charge on any atom is 0.344 e. The van der Waals surface area contributed by atoms with Gasteiger partial charge in [0.25, 0.3) is 0 Å². The lowest BCUT2D eigenvalue weighted by Crippen LogP contribution is -2.31. The van der Waals surface area contributed by atoms with E-state index >= 15 is 0 Å². The molecule has 0 fully saturated rings. The monoisotopic (exact) mass is 327 g/mol. The Morgan fingerprint density at radius 2 is 1.96 bits per heavy atom. The summed E-state index contributed by atoms with van der Waals surface area (Å²) in [4.78, 5) is 12.3. The number of hydrogen-bond donors (Lipinski definition) is 2. The maximum atomic E-state index is 12.3. The number of nitrogen functional groups attached to an aromatic ring is 1. The molecule has 1 aliphatic heterocycles. The van der Waals surface area contributed by atoms with Gasteiger partial charge >= 0.3 is 5.97 Å². The van der Waals surface area contributed by atoms with Crippen LogP contribution < -0.4 is 10.5 Å². The fraction of sp³-hybridized carbons (Fsp3) is 0.278. The zero-order valence-electron chi connectivity index (χ0n) is 13.5. The summed E-state index contributed by atoms with van der Waals surface area (Å²) in [7, 11) is 1.29. The highest BCUT2D eigenvalue weighted by atomic mass is 16.6. The van der Waals surface area contributed by atoms with Crippen molar-refractivity contribution >= 4 is 33.6 Å². The molecule has 0 saturated carbocycles. The van der Waals surface area contributed by atoms with Crippen molar-refractivity contribution in [1.29, 1.82) is 0 Å². The quantitative estimate of drug-likeness (QED) is 0.667. The van der Waals surface area contributed by atoms with Crippen LogP contribution in [0, 0.1) is 0 Å². The number of fused-ring (bicyclic) bond motifs is 6. The average Bonchev–Trinajstić information content (AvgIpc) is 3.01. The Morgan fingerprint density at radius 3 is 2.62 bits per heavy atom. The highest BCUT2D eigenvalue weighted by Gasteiger charge is 2.45. The number of carbonyl (C=O) groups excluding carboxylic acids is 1. The first-order valence-electron chi connectivity index (χ1n) is 7.58. The van der Waals surface area contributed by atoms with E-state index in [1.807, 2.05) is 38.1 Å². The summed E-state index contributed by atoms with van der Waals surface area (Å²) in [5, 5.41) is 12.5. The van der Waals surface area contributed by atoms with Crippen LogP contribution in [0.1, 0.15) is 29.8 Å². The van der Waals surface area contributed by atoms with Crippen molar-refractivity contribution in [1.82, 2.24) is 0 Å².